The van der Waals surface area contributed by atoms with Crippen LogP contribution in [0.3, 0.4) is 0 Å². The lowest BCUT2D eigenvalue weighted by molar-refractivity contribution is 0.0732. The third kappa shape index (κ3) is 3.59. The van der Waals surface area contributed by atoms with Crippen molar-refractivity contribution in [1.82, 2.24) is 30.0 Å². The average molecular weight is 361 g/mol. The summed E-state index contributed by atoms with van der Waals surface area (Å²) < 4.78 is 0. The van der Waals surface area contributed by atoms with Crippen molar-refractivity contribution in [2.24, 2.45) is 0 Å². The first kappa shape index (κ1) is 17.0. The molecule has 1 aliphatic rings. The van der Waals surface area contributed by atoms with E-state index in [1.807, 2.05) is 30.0 Å². The van der Waals surface area contributed by atoms with Crippen molar-refractivity contribution in [3.8, 4) is 0 Å². The quantitative estimate of drug-likeness (QED) is 0.763. The van der Waals surface area contributed by atoms with Crippen molar-refractivity contribution in [2.75, 3.05) is 11.9 Å². The molecule has 136 valence electrons. The van der Waals surface area contributed by atoms with Crippen LogP contribution in [0.2, 0.25) is 0 Å². The standard InChI is InChI=1S/C19H19N7O/c1-13-4-2-6-16(24-13)25-18-17(20-9-10-21-18)15-5-3-11-26(15)19(27)14-7-8-22-23-12-14/h2,4,6-10,12,15H,3,5,11H2,1H3,(H,21,24,25). The van der Waals surface area contributed by atoms with Gasteiger partial charge in [-0.25, -0.2) is 9.97 Å². The Bertz CT molecular complexity index is 948. The molecule has 0 aromatic carbocycles. The van der Waals surface area contributed by atoms with Gasteiger partial charge >= 0.3 is 0 Å². The molecule has 3 aromatic heterocycles. The number of hydrogen-bond donors (Lipinski definition) is 1. The molecular weight excluding hydrogens is 342 g/mol. The minimum atomic E-state index is -0.147. The third-order valence-electron chi connectivity index (χ3n) is 4.52. The molecule has 8 nitrogen and oxygen atoms in total. The van der Waals surface area contributed by atoms with Crippen LogP contribution in [-0.2, 0) is 0 Å². The van der Waals surface area contributed by atoms with Crippen molar-refractivity contribution < 1.29 is 4.79 Å². The van der Waals surface area contributed by atoms with Gasteiger partial charge < -0.3 is 10.2 Å². The molecule has 0 spiro atoms. The van der Waals surface area contributed by atoms with Gasteiger partial charge in [0.1, 0.15) is 11.5 Å². The van der Waals surface area contributed by atoms with Crippen LogP contribution in [0.1, 0.15) is 40.6 Å². The summed E-state index contributed by atoms with van der Waals surface area (Å²) in [6, 6.07) is 7.28. The summed E-state index contributed by atoms with van der Waals surface area (Å²) in [4.78, 5) is 28.2. The molecule has 1 atom stereocenters. The number of anilines is 2. The number of nitrogens with one attached hydrogen (secondary N) is 1. The number of aryl methyl sites for hydroxylation is 1. The topological polar surface area (TPSA) is 96.8 Å². The van der Waals surface area contributed by atoms with Gasteiger partial charge in [0.15, 0.2) is 5.82 Å². The molecular formula is C19H19N7O. The van der Waals surface area contributed by atoms with Gasteiger partial charge in [-0.1, -0.05) is 6.07 Å². The Hall–Kier alpha value is -3.42. The van der Waals surface area contributed by atoms with Crippen molar-refractivity contribution in [1.29, 1.82) is 0 Å². The Morgan fingerprint density at radius 2 is 2.04 bits per heavy atom. The second kappa shape index (κ2) is 7.45. The Morgan fingerprint density at radius 3 is 2.85 bits per heavy atom. The highest BCUT2D eigenvalue weighted by atomic mass is 16.2. The predicted molar refractivity (Wildman–Crippen MR) is 99.3 cm³/mol. The Morgan fingerprint density at radius 1 is 1.15 bits per heavy atom. The van der Waals surface area contributed by atoms with Crippen molar-refractivity contribution in [3.05, 3.63) is 66.0 Å². The van der Waals surface area contributed by atoms with Crippen LogP contribution >= 0.6 is 0 Å². The molecule has 27 heavy (non-hydrogen) atoms. The highest BCUT2D eigenvalue weighted by Gasteiger charge is 2.33. The molecule has 0 aliphatic carbocycles. The maximum absolute atomic E-state index is 12.9. The minimum Gasteiger partial charge on any atom is -0.330 e. The Labute approximate surface area is 156 Å². The predicted octanol–water partition coefficient (Wildman–Crippen LogP) is 2.69. The fraction of sp³-hybridized carbons (Fsp3) is 0.263. The molecule has 8 heteroatoms. The van der Waals surface area contributed by atoms with Crippen molar-refractivity contribution >= 4 is 17.5 Å². The van der Waals surface area contributed by atoms with Gasteiger partial charge in [-0.15, -0.1) is 0 Å². The van der Waals surface area contributed by atoms with E-state index >= 15 is 0 Å². The van der Waals surface area contributed by atoms with Crippen LogP contribution < -0.4 is 5.32 Å². The number of aromatic nitrogens is 5. The number of nitrogens with zero attached hydrogens (tertiary/aromatic N) is 6. The fourth-order valence-electron chi connectivity index (χ4n) is 3.30. The van der Waals surface area contributed by atoms with E-state index in [0.29, 0.717) is 23.7 Å². The van der Waals surface area contributed by atoms with Gasteiger partial charge in [-0.2, -0.15) is 10.2 Å². The maximum Gasteiger partial charge on any atom is 0.256 e. The minimum absolute atomic E-state index is 0.0716. The lowest BCUT2D eigenvalue weighted by Crippen LogP contribution is -2.31. The molecule has 4 heterocycles. The molecule has 1 saturated heterocycles. The number of likely N-dealkylation sites (tertiary alicyclic amines) is 1. The third-order valence-corrected chi connectivity index (χ3v) is 4.52. The van der Waals surface area contributed by atoms with E-state index in [9.17, 15) is 4.79 Å². The zero-order valence-corrected chi connectivity index (χ0v) is 14.9. The van der Waals surface area contributed by atoms with Gasteiger partial charge in [0.05, 0.1) is 24.0 Å². The van der Waals surface area contributed by atoms with Crippen molar-refractivity contribution in [3.63, 3.8) is 0 Å². The highest BCUT2D eigenvalue weighted by molar-refractivity contribution is 5.94. The molecule has 3 aromatic rings. The number of amides is 1. The normalized spacial score (nSPS) is 16.3. The van der Waals surface area contributed by atoms with Gasteiger partial charge in [-0.05, 0) is 38.0 Å². The van der Waals surface area contributed by atoms with E-state index in [1.165, 1.54) is 12.4 Å². The summed E-state index contributed by atoms with van der Waals surface area (Å²) in [7, 11) is 0. The second-order valence-corrected chi connectivity index (χ2v) is 6.37. The summed E-state index contributed by atoms with van der Waals surface area (Å²) in [5.41, 5.74) is 2.18. The number of hydrogen-bond acceptors (Lipinski definition) is 7. The molecule has 1 aliphatic heterocycles. The van der Waals surface area contributed by atoms with Gasteiger partial charge in [0.2, 0.25) is 0 Å². The fourth-order valence-corrected chi connectivity index (χ4v) is 3.30. The van der Waals surface area contributed by atoms with E-state index in [1.54, 1.807) is 18.5 Å². The SMILES string of the molecule is Cc1cccc(Nc2nccnc2C2CCCN2C(=O)c2ccnnc2)n1. The molecule has 1 unspecified atom stereocenters. The van der Waals surface area contributed by atoms with Gasteiger partial charge in [0.25, 0.3) is 5.91 Å². The van der Waals surface area contributed by atoms with E-state index in [0.717, 1.165) is 24.2 Å². The zero-order valence-electron chi connectivity index (χ0n) is 14.9. The van der Waals surface area contributed by atoms with E-state index in [4.69, 9.17) is 0 Å². The molecule has 1 amide bonds. The Kier molecular flexibility index (Phi) is 4.69. The van der Waals surface area contributed by atoms with E-state index < -0.39 is 0 Å². The van der Waals surface area contributed by atoms with Gasteiger partial charge in [0, 0.05) is 24.6 Å². The molecule has 0 saturated carbocycles. The number of rotatable bonds is 4. The first-order chi connectivity index (χ1) is 13.2. The lowest BCUT2D eigenvalue weighted by atomic mass is 10.1. The largest absolute Gasteiger partial charge is 0.330 e. The molecule has 0 radical (unpaired) electrons. The first-order valence-electron chi connectivity index (χ1n) is 8.81. The summed E-state index contributed by atoms with van der Waals surface area (Å²) in [5, 5.41) is 10.8. The molecule has 1 fully saturated rings. The number of carbonyl (C=O) groups is 1. The summed E-state index contributed by atoms with van der Waals surface area (Å²) in [6.45, 7) is 2.60. The average Bonchev–Trinajstić information content (AvgIpc) is 3.18. The number of carbonyl (C=O) groups excluding carboxylic acids is 1. The van der Waals surface area contributed by atoms with Gasteiger partial charge in [-0.3, -0.25) is 9.78 Å². The zero-order chi connectivity index (χ0) is 18.6. The van der Waals surface area contributed by atoms with Crippen LogP contribution in [0.15, 0.2) is 49.1 Å². The highest BCUT2D eigenvalue weighted by Crippen LogP contribution is 2.35. The summed E-state index contributed by atoms with van der Waals surface area (Å²) >= 11 is 0. The van der Waals surface area contributed by atoms with E-state index in [2.05, 4.69) is 30.5 Å². The Balaban J connectivity index is 1.63. The van der Waals surface area contributed by atoms with Crippen molar-refractivity contribution in [2.45, 2.75) is 25.8 Å². The maximum atomic E-state index is 12.9. The lowest BCUT2D eigenvalue weighted by Gasteiger charge is -2.25. The number of pyridine rings is 1. The monoisotopic (exact) mass is 361 g/mol. The molecule has 1 N–H and O–H groups in total. The van der Waals surface area contributed by atoms with E-state index in [-0.39, 0.29) is 11.9 Å². The van der Waals surface area contributed by atoms with Crippen LogP contribution in [0.5, 0.6) is 0 Å². The second-order valence-electron chi connectivity index (χ2n) is 6.37. The summed E-state index contributed by atoms with van der Waals surface area (Å²) in [6.07, 6.45) is 8.04. The van der Waals surface area contributed by atoms with Crippen LogP contribution in [0, 0.1) is 6.92 Å². The van der Waals surface area contributed by atoms with Crippen LogP contribution in [0.4, 0.5) is 11.6 Å². The summed E-state index contributed by atoms with van der Waals surface area (Å²) in [5.74, 6) is 1.25. The van der Waals surface area contributed by atoms with Crippen LogP contribution in [-0.4, -0.2) is 42.5 Å². The smallest absolute Gasteiger partial charge is 0.256 e. The first-order valence-corrected chi connectivity index (χ1v) is 8.81. The van der Waals surface area contributed by atoms with Crippen LogP contribution in [0.25, 0.3) is 0 Å². The molecule has 4 rings (SSSR count). The molecule has 0 bridgehead atoms.